The van der Waals surface area contributed by atoms with Crippen LogP contribution in [0.2, 0.25) is 0 Å². The quantitative estimate of drug-likeness (QED) is 0.632. The number of anilines is 1. The zero-order valence-electron chi connectivity index (χ0n) is 16.0. The Labute approximate surface area is 156 Å². The van der Waals surface area contributed by atoms with Crippen LogP contribution in [-0.2, 0) is 24.2 Å². The van der Waals surface area contributed by atoms with Gasteiger partial charge in [0.15, 0.2) is 6.61 Å². The maximum atomic E-state index is 12.3. The third kappa shape index (κ3) is 3.99. The van der Waals surface area contributed by atoms with Crippen LogP contribution in [0.15, 0.2) is 33.9 Å². The summed E-state index contributed by atoms with van der Waals surface area (Å²) in [4.78, 5) is 48.4. The molecule has 0 fully saturated rings. The number of ether oxygens (including phenoxy) is 1. The first kappa shape index (κ1) is 20.2. The van der Waals surface area contributed by atoms with Crippen LogP contribution < -0.4 is 17.0 Å². The molecule has 1 aromatic heterocycles. The molecule has 2 aromatic rings. The second-order valence-corrected chi connectivity index (χ2v) is 7.29. The van der Waals surface area contributed by atoms with Gasteiger partial charge in [0, 0.05) is 14.1 Å². The zero-order valence-corrected chi connectivity index (χ0v) is 16.0. The number of nitrogen functional groups attached to an aromatic ring is 1. The van der Waals surface area contributed by atoms with Crippen LogP contribution in [0.1, 0.15) is 47.1 Å². The number of nitrogens with zero attached hydrogens (tertiary/aromatic N) is 2. The van der Waals surface area contributed by atoms with Crippen molar-refractivity contribution in [3.05, 3.63) is 61.8 Å². The monoisotopic (exact) mass is 373 g/mol. The molecule has 0 saturated carbocycles. The molecular formula is C19H23N3O5. The van der Waals surface area contributed by atoms with Crippen molar-refractivity contribution in [3.8, 4) is 0 Å². The van der Waals surface area contributed by atoms with Gasteiger partial charge in [0.1, 0.15) is 11.4 Å². The van der Waals surface area contributed by atoms with Gasteiger partial charge in [-0.15, -0.1) is 0 Å². The summed E-state index contributed by atoms with van der Waals surface area (Å²) in [7, 11) is 2.58. The second kappa shape index (κ2) is 7.22. The third-order valence-corrected chi connectivity index (χ3v) is 4.31. The number of nitrogens with two attached hydrogens (primary N) is 1. The first-order valence-electron chi connectivity index (χ1n) is 8.31. The number of carbonyl (C=O) groups excluding carboxylic acids is 2. The standard InChI is InChI=1S/C19H23N3O5/c1-19(2,3)12-8-6-11(7-9-12)17(25)27-10-13(23)14-15(20)21(4)18(26)22(5)16(14)24/h6-9H,10,20H2,1-5H3. The Bertz CT molecular complexity index is 1010. The zero-order chi connectivity index (χ0) is 20.5. The molecule has 0 radical (unpaired) electrons. The molecule has 0 unspecified atom stereocenters. The number of rotatable bonds is 4. The Hall–Kier alpha value is -3.16. The fourth-order valence-corrected chi connectivity index (χ4v) is 2.51. The lowest BCUT2D eigenvalue weighted by atomic mass is 9.87. The van der Waals surface area contributed by atoms with E-state index in [1.807, 2.05) is 12.1 Å². The normalized spacial score (nSPS) is 11.3. The molecule has 0 atom stereocenters. The Morgan fingerprint density at radius 1 is 1.04 bits per heavy atom. The van der Waals surface area contributed by atoms with Gasteiger partial charge >= 0.3 is 11.7 Å². The van der Waals surface area contributed by atoms with E-state index in [-0.39, 0.29) is 22.4 Å². The van der Waals surface area contributed by atoms with E-state index < -0.39 is 29.6 Å². The van der Waals surface area contributed by atoms with E-state index in [1.54, 1.807) is 12.1 Å². The summed E-state index contributed by atoms with van der Waals surface area (Å²) in [6, 6.07) is 6.87. The van der Waals surface area contributed by atoms with Crippen LogP contribution in [0.25, 0.3) is 0 Å². The van der Waals surface area contributed by atoms with Crippen molar-refractivity contribution in [3.63, 3.8) is 0 Å². The second-order valence-electron chi connectivity index (χ2n) is 7.29. The maximum Gasteiger partial charge on any atom is 0.338 e. The molecule has 0 aliphatic rings. The highest BCUT2D eigenvalue weighted by Crippen LogP contribution is 2.22. The molecule has 0 aliphatic carbocycles. The summed E-state index contributed by atoms with van der Waals surface area (Å²) < 4.78 is 6.77. The van der Waals surface area contributed by atoms with Crippen molar-refractivity contribution in [2.75, 3.05) is 12.3 Å². The molecule has 8 nitrogen and oxygen atoms in total. The molecule has 0 saturated heterocycles. The van der Waals surface area contributed by atoms with Crippen molar-refractivity contribution in [2.45, 2.75) is 26.2 Å². The fraction of sp³-hybridized carbons (Fsp3) is 0.368. The molecule has 27 heavy (non-hydrogen) atoms. The van der Waals surface area contributed by atoms with Crippen LogP contribution in [0, 0.1) is 0 Å². The van der Waals surface area contributed by atoms with Gasteiger partial charge in [0.2, 0.25) is 5.78 Å². The minimum atomic E-state index is -0.828. The SMILES string of the molecule is Cn1c(N)c(C(=O)COC(=O)c2ccc(C(C)(C)C)cc2)c(=O)n(C)c1=O. The summed E-state index contributed by atoms with van der Waals surface area (Å²) in [5.41, 5.74) is 5.15. The molecule has 0 spiro atoms. The lowest BCUT2D eigenvalue weighted by molar-refractivity contribution is 0.0474. The minimum absolute atomic E-state index is 0.0563. The first-order valence-corrected chi connectivity index (χ1v) is 8.31. The highest BCUT2D eigenvalue weighted by Gasteiger charge is 2.22. The van der Waals surface area contributed by atoms with E-state index in [4.69, 9.17) is 10.5 Å². The smallest absolute Gasteiger partial charge is 0.338 e. The van der Waals surface area contributed by atoms with Gasteiger partial charge in [-0.2, -0.15) is 0 Å². The average molecular weight is 373 g/mol. The molecule has 1 heterocycles. The van der Waals surface area contributed by atoms with Crippen molar-refractivity contribution < 1.29 is 14.3 Å². The number of esters is 1. The van der Waals surface area contributed by atoms with Gasteiger partial charge in [0.25, 0.3) is 5.56 Å². The highest BCUT2D eigenvalue weighted by atomic mass is 16.5. The summed E-state index contributed by atoms with van der Waals surface area (Å²) in [5.74, 6) is -1.73. The summed E-state index contributed by atoms with van der Waals surface area (Å²) in [6.07, 6.45) is 0. The molecule has 8 heteroatoms. The minimum Gasteiger partial charge on any atom is -0.454 e. The van der Waals surface area contributed by atoms with Gasteiger partial charge in [-0.1, -0.05) is 32.9 Å². The maximum absolute atomic E-state index is 12.3. The van der Waals surface area contributed by atoms with Crippen molar-refractivity contribution >= 4 is 17.6 Å². The Morgan fingerprint density at radius 2 is 1.59 bits per heavy atom. The number of hydrogen-bond acceptors (Lipinski definition) is 6. The molecule has 2 N–H and O–H groups in total. The van der Waals surface area contributed by atoms with E-state index in [1.165, 1.54) is 14.1 Å². The third-order valence-electron chi connectivity index (χ3n) is 4.31. The van der Waals surface area contributed by atoms with Gasteiger partial charge in [-0.3, -0.25) is 18.7 Å². The number of aromatic nitrogens is 2. The van der Waals surface area contributed by atoms with Crippen LogP contribution >= 0.6 is 0 Å². The van der Waals surface area contributed by atoms with E-state index in [2.05, 4.69) is 20.8 Å². The molecule has 0 bridgehead atoms. The molecule has 0 aliphatic heterocycles. The number of ketones is 1. The molecule has 2 rings (SSSR count). The van der Waals surface area contributed by atoms with Crippen molar-refractivity contribution in [2.24, 2.45) is 14.1 Å². The number of benzene rings is 1. The van der Waals surface area contributed by atoms with Crippen LogP contribution in [0.3, 0.4) is 0 Å². The fourth-order valence-electron chi connectivity index (χ4n) is 2.51. The molecule has 144 valence electrons. The Kier molecular flexibility index (Phi) is 5.39. The lowest BCUT2D eigenvalue weighted by Crippen LogP contribution is -2.42. The van der Waals surface area contributed by atoms with E-state index in [9.17, 15) is 19.2 Å². The van der Waals surface area contributed by atoms with Crippen LogP contribution in [-0.4, -0.2) is 27.5 Å². The van der Waals surface area contributed by atoms with Gasteiger partial charge in [-0.05, 0) is 23.1 Å². The predicted octanol–water partition coefficient (Wildman–Crippen LogP) is 1.00. The highest BCUT2D eigenvalue weighted by molar-refractivity contribution is 6.02. The number of Topliss-reactive ketones (excluding diaryl/α,β-unsaturated/α-hetero) is 1. The van der Waals surface area contributed by atoms with E-state index in [0.29, 0.717) is 0 Å². The van der Waals surface area contributed by atoms with Gasteiger partial charge in [-0.25, -0.2) is 9.59 Å². The van der Waals surface area contributed by atoms with Gasteiger partial charge in [0.05, 0.1) is 5.56 Å². The predicted molar refractivity (Wildman–Crippen MR) is 101 cm³/mol. The summed E-state index contributed by atoms with van der Waals surface area (Å²) in [6.45, 7) is 5.50. The molecule has 1 aromatic carbocycles. The molecule has 0 amide bonds. The molecular weight excluding hydrogens is 350 g/mol. The van der Waals surface area contributed by atoms with E-state index >= 15 is 0 Å². The lowest BCUT2D eigenvalue weighted by Gasteiger charge is -2.18. The Balaban J connectivity index is 2.18. The topological polar surface area (TPSA) is 113 Å². The largest absolute Gasteiger partial charge is 0.454 e. The van der Waals surface area contributed by atoms with Crippen molar-refractivity contribution in [1.82, 2.24) is 9.13 Å². The first-order chi connectivity index (χ1) is 12.4. The van der Waals surface area contributed by atoms with E-state index in [0.717, 1.165) is 14.7 Å². The van der Waals surface area contributed by atoms with Gasteiger partial charge < -0.3 is 10.5 Å². The summed E-state index contributed by atoms with van der Waals surface area (Å²) >= 11 is 0. The Morgan fingerprint density at radius 3 is 2.11 bits per heavy atom. The summed E-state index contributed by atoms with van der Waals surface area (Å²) in [5, 5.41) is 0. The van der Waals surface area contributed by atoms with Crippen LogP contribution in [0.4, 0.5) is 5.82 Å². The number of hydrogen-bond donors (Lipinski definition) is 1. The van der Waals surface area contributed by atoms with Crippen LogP contribution in [0.5, 0.6) is 0 Å². The number of carbonyl (C=O) groups is 2. The van der Waals surface area contributed by atoms with Crippen molar-refractivity contribution in [1.29, 1.82) is 0 Å². The average Bonchev–Trinajstić information content (AvgIpc) is 2.62.